The Kier molecular flexibility index (Phi) is 5.03. The summed E-state index contributed by atoms with van der Waals surface area (Å²) in [6, 6.07) is 22.3. The number of nitrogen functional groups attached to an aromatic ring is 1. The number of ether oxygens (including phenoxy) is 1. The van der Waals surface area contributed by atoms with Gasteiger partial charge >= 0.3 is 6.09 Å². The number of nitrogens with two attached hydrogens (primary N) is 1. The fourth-order valence-electron chi connectivity index (χ4n) is 3.97. The Morgan fingerprint density at radius 2 is 1.74 bits per heavy atom. The Balaban J connectivity index is 1.21. The molecule has 0 radical (unpaired) electrons. The largest absolute Gasteiger partial charge is 0.449 e. The lowest BCUT2D eigenvalue weighted by Gasteiger charge is -2.14. The van der Waals surface area contributed by atoms with Crippen molar-refractivity contribution < 1.29 is 9.53 Å². The molecule has 1 aromatic heterocycles. The summed E-state index contributed by atoms with van der Waals surface area (Å²) in [5.74, 6) is 6.04. The van der Waals surface area contributed by atoms with Gasteiger partial charge in [-0.05, 0) is 34.4 Å². The van der Waals surface area contributed by atoms with Crippen molar-refractivity contribution in [3.8, 4) is 23.0 Å². The lowest BCUT2D eigenvalue weighted by molar-refractivity contribution is 0.144. The minimum absolute atomic E-state index is 0.0389. The summed E-state index contributed by atoms with van der Waals surface area (Å²) in [6.07, 6.45) is -0.479. The van der Waals surface area contributed by atoms with Crippen LogP contribution in [-0.4, -0.2) is 24.2 Å². The summed E-state index contributed by atoms with van der Waals surface area (Å²) in [4.78, 5) is 16.5. The smallest absolute Gasteiger partial charge is 0.407 e. The van der Waals surface area contributed by atoms with Crippen molar-refractivity contribution in [1.82, 2.24) is 10.3 Å². The van der Waals surface area contributed by atoms with Gasteiger partial charge in [-0.3, -0.25) is 0 Å². The van der Waals surface area contributed by atoms with Gasteiger partial charge in [-0.15, -0.1) is 0 Å². The Morgan fingerprint density at radius 1 is 1.03 bits per heavy atom. The number of anilines is 1. The molecular weight excluding hydrogens is 406 g/mol. The van der Waals surface area contributed by atoms with E-state index in [-0.39, 0.29) is 19.1 Å². The zero-order chi connectivity index (χ0) is 21.2. The van der Waals surface area contributed by atoms with Crippen LogP contribution in [0.25, 0.3) is 21.3 Å². The van der Waals surface area contributed by atoms with E-state index in [2.05, 4.69) is 46.4 Å². The second-order valence-electron chi connectivity index (χ2n) is 7.19. The van der Waals surface area contributed by atoms with E-state index in [0.717, 1.165) is 15.8 Å². The maximum absolute atomic E-state index is 12.2. The van der Waals surface area contributed by atoms with Crippen LogP contribution in [0.3, 0.4) is 0 Å². The van der Waals surface area contributed by atoms with E-state index in [9.17, 15) is 4.79 Å². The number of alkyl carbamates (subject to hydrolysis) is 1. The fraction of sp³-hybridized carbons (Fsp3) is 0.120. The number of para-hydroxylation sites is 1. The monoisotopic (exact) mass is 425 g/mol. The van der Waals surface area contributed by atoms with Crippen molar-refractivity contribution in [1.29, 1.82) is 0 Å². The number of carbonyl (C=O) groups is 1. The van der Waals surface area contributed by atoms with Crippen LogP contribution >= 0.6 is 11.3 Å². The van der Waals surface area contributed by atoms with Gasteiger partial charge in [0.25, 0.3) is 0 Å². The molecule has 0 fully saturated rings. The summed E-state index contributed by atoms with van der Waals surface area (Å²) in [5.41, 5.74) is 12.1. The molecule has 1 amide bonds. The molecule has 0 saturated carbocycles. The minimum atomic E-state index is -0.479. The molecule has 3 aromatic carbocycles. The van der Waals surface area contributed by atoms with Gasteiger partial charge in [0.15, 0.2) is 5.13 Å². The van der Waals surface area contributed by atoms with Crippen LogP contribution in [-0.2, 0) is 4.74 Å². The highest BCUT2D eigenvalue weighted by atomic mass is 32.1. The van der Waals surface area contributed by atoms with Gasteiger partial charge in [0.2, 0.25) is 0 Å². The van der Waals surface area contributed by atoms with E-state index in [1.54, 1.807) is 0 Å². The molecule has 5 nitrogen and oxygen atoms in total. The number of hydrogen-bond acceptors (Lipinski definition) is 5. The van der Waals surface area contributed by atoms with Crippen molar-refractivity contribution in [2.24, 2.45) is 0 Å². The molecule has 3 N–H and O–H groups in total. The number of rotatable bonds is 3. The van der Waals surface area contributed by atoms with E-state index >= 15 is 0 Å². The second kappa shape index (κ2) is 8.13. The number of nitrogens with one attached hydrogen (secondary N) is 1. The first kappa shape index (κ1) is 19.2. The molecule has 152 valence electrons. The number of amides is 1. The van der Waals surface area contributed by atoms with Crippen molar-refractivity contribution in [2.45, 2.75) is 5.92 Å². The van der Waals surface area contributed by atoms with Gasteiger partial charge in [-0.2, -0.15) is 0 Å². The number of thiazole rings is 1. The molecule has 0 atom stereocenters. The first-order valence-corrected chi connectivity index (χ1v) is 10.7. The van der Waals surface area contributed by atoms with Gasteiger partial charge < -0.3 is 15.8 Å². The summed E-state index contributed by atoms with van der Waals surface area (Å²) >= 11 is 1.43. The highest BCUT2D eigenvalue weighted by Crippen LogP contribution is 2.44. The number of hydrogen-bond donors (Lipinski definition) is 2. The topological polar surface area (TPSA) is 77.2 Å². The lowest BCUT2D eigenvalue weighted by atomic mass is 9.98. The average molecular weight is 426 g/mol. The third-order valence-corrected chi connectivity index (χ3v) is 6.17. The molecule has 4 aromatic rings. The number of nitrogens with zero attached hydrogens (tertiary/aromatic N) is 1. The normalized spacial score (nSPS) is 12.0. The van der Waals surface area contributed by atoms with Crippen LogP contribution in [0, 0.1) is 11.8 Å². The van der Waals surface area contributed by atoms with E-state index in [0.29, 0.717) is 5.13 Å². The highest BCUT2D eigenvalue weighted by molar-refractivity contribution is 7.22. The van der Waals surface area contributed by atoms with Crippen molar-refractivity contribution in [3.05, 3.63) is 83.4 Å². The van der Waals surface area contributed by atoms with Gasteiger partial charge in [-0.25, -0.2) is 9.78 Å². The van der Waals surface area contributed by atoms with Crippen LogP contribution in [0.2, 0.25) is 0 Å². The van der Waals surface area contributed by atoms with Crippen LogP contribution < -0.4 is 11.1 Å². The standard InChI is InChI=1S/C25H19N3O2S/c26-24-28-23-16(7-5-13-22(23)31-24)8-6-14-27-25(29)30-15-21-19-11-3-1-9-17(19)18-10-2-4-12-20(18)21/h1-5,7,9-13,21H,14-15H2,(H2,26,28)(H,27,29). The maximum Gasteiger partial charge on any atom is 0.407 e. The summed E-state index contributed by atoms with van der Waals surface area (Å²) in [7, 11) is 0. The van der Waals surface area contributed by atoms with Crippen molar-refractivity contribution in [3.63, 3.8) is 0 Å². The van der Waals surface area contributed by atoms with Crippen LogP contribution in [0.1, 0.15) is 22.6 Å². The van der Waals surface area contributed by atoms with E-state index in [1.165, 1.54) is 33.6 Å². The SMILES string of the molecule is Nc1nc2c(C#CCNC(=O)OCC3c4ccccc4-c4ccccc43)cccc2s1. The molecular formula is C25H19N3O2S. The highest BCUT2D eigenvalue weighted by Gasteiger charge is 2.28. The summed E-state index contributed by atoms with van der Waals surface area (Å²) in [5, 5.41) is 3.22. The first-order valence-electron chi connectivity index (χ1n) is 9.93. The molecule has 31 heavy (non-hydrogen) atoms. The Morgan fingerprint density at radius 3 is 2.48 bits per heavy atom. The maximum atomic E-state index is 12.2. The third kappa shape index (κ3) is 3.72. The number of aromatic nitrogens is 1. The van der Waals surface area contributed by atoms with Crippen LogP contribution in [0.5, 0.6) is 0 Å². The molecule has 0 aliphatic heterocycles. The number of fused-ring (bicyclic) bond motifs is 4. The van der Waals surface area contributed by atoms with Gasteiger partial charge in [0.1, 0.15) is 6.61 Å². The van der Waals surface area contributed by atoms with E-state index in [1.807, 2.05) is 42.5 Å². The minimum Gasteiger partial charge on any atom is -0.449 e. The van der Waals surface area contributed by atoms with Crippen LogP contribution in [0.4, 0.5) is 9.93 Å². The zero-order valence-electron chi connectivity index (χ0n) is 16.6. The molecule has 0 spiro atoms. The lowest BCUT2D eigenvalue weighted by Crippen LogP contribution is -2.26. The summed E-state index contributed by atoms with van der Waals surface area (Å²) < 4.78 is 6.51. The Labute approximate surface area is 183 Å². The quantitative estimate of drug-likeness (QED) is 0.464. The van der Waals surface area contributed by atoms with Crippen molar-refractivity contribution >= 4 is 32.8 Å². The predicted molar refractivity (Wildman–Crippen MR) is 124 cm³/mol. The molecule has 1 heterocycles. The van der Waals surface area contributed by atoms with Crippen LogP contribution in [0.15, 0.2) is 66.7 Å². The number of carbonyl (C=O) groups excluding carboxylic acids is 1. The Bertz CT molecular complexity index is 1300. The molecule has 0 saturated heterocycles. The molecule has 0 bridgehead atoms. The fourth-order valence-corrected chi connectivity index (χ4v) is 4.73. The molecule has 1 aliphatic carbocycles. The van der Waals surface area contributed by atoms with E-state index in [4.69, 9.17) is 10.5 Å². The summed E-state index contributed by atoms with van der Waals surface area (Å²) in [6.45, 7) is 0.470. The van der Waals surface area contributed by atoms with Gasteiger partial charge in [0, 0.05) is 5.92 Å². The molecule has 1 aliphatic rings. The Hall–Kier alpha value is -3.82. The van der Waals surface area contributed by atoms with Gasteiger partial charge in [0.05, 0.1) is 22.3 Å². The molecule has 0 unspecified atom stereocenters. The second-order valence-corrected chi connectivity index (χ2v) is 8.25. The first-order chi connectivity index (χ1) is 15.2. The van der Waals surface area contributed by atoms with E-state index < -0.39 is 6.09 Å². The third-order valence-electron chi connectivity index (χ3n) is 5.32. The average Bonchev–Trinajstić information content (AvgIpc) is 3.33. The molecule has 5 rings (SSSR count). The predicted octanol–water partition coefficient (Wildman–Crippen LogP) is 4.77. The number of benzene rings is 3. The van der Waals surface area contributed by atoms with Crippen molar-refractivity contribution in [2.75, 3.05) is 18.9 Å². The molecule has 6 heteroatoms. The zero-order valence-corrected chi connectivity index (χ0v) is 17.4. The van der Waals surface area contributed by atoms with Gasteiger partial charge in [-0.1, -0.05) is 77.8 Å².